The molecular weight excluding hydrogens is 1010 g/mol. The first-order chi connectivity index (χ1) is 39.1. The van der Waals surface area contributed by atoms with Crippen LogP contribution in [0.3, 0.4) is 0 Å². The number of hydrogen-bond donors (Lipinski definition) is 9. The van der Waals surface area contributed by atoms with Crippen molar-refractivity contribution < 1.29 is 64.6 Å². The normalized spacial score (nSPS) is 24.7. The third-order valence-electron chi connectivity index (χ3n) is 15.4. The molecule has 12 unspecified atom stereocenters. The summed E-state index contributed by atoms with van der Waals surface area (Å²) in [6, 6.07) is -0.973. The summed E-state index contributed by atoms with van der Waals surface area (Å²) in [7, 11) is 0. The highest BCUT2D eigenvalue weighted by Crippen LogP contribution is 2.30. The minimum atomic E-state index is -1.80. The molecule has 2 aliphatic heterocycles. The monoisotopic (exact) mass is 1130 g/mol. The fraction of sp³-hybridized carbons (Fsp3) is 0.803. The summed E-state index contributed by atoms with van der Waals surface area (Å²) in [6.45, 7) is 2.62. The first kappa shape index (κ1) is 73.5. The highest BCUT2D eigenvalue weighted by Gasteiger charge is 2.51. The molecule has 0 spiro atoms. The van der Waals surface area contributed by atoms with Gasteiger partial charge in [-0.3, -0.25) is 4.79 Å². The maximum atomic E-state index is 13.2. The van der Waals surface area contributed by atoms with Gasteiger partial charge in [0.25, 0.3) is 0 Å². The lowest BCUT2D eigenvalue weighted by atomic mass is 9.97. The van der Waals surface area contributed by atoms with Crippen LogP contribution in [0.2, 0.25) is 0 Å². The highest BCUT2D eigenvalue weighted by molar-refractivity contribution is 5.76. The number of ether oxygens (including phenoxy) is 4. The molecule has 0 saturated carbocycles. The van der Waals surface area contributed by atoms with Gasteiger partial charge in [0, 0.05) is 6.42 Å². The summed E-state index contributed by atoms with van der Waals surface area (Å²) < 4.78 is 22.7. The van der Waals surface area contributed by atoms with Crippen LogP contribution in [0.15, 0.2) is 72.9 Å². The van der Waals surface area contributed by atoms with E-state index in [0.717, 1.165) is 38.5 Å². The predicted molar refractivity (Wildman–Crippen MR) is 323 cm³/mol. The van der Waals surface area contributed by atoms with Crippen molar-refractivity contribution >= 4 is 5.91 Å². The van der Waals surface area contributed by atoms with Crippen LogP contribution in [0.5, 0.6) is 0 Å². The van der Waals surface area contributed by atoms with E-state index in [1.165, 1.54) is 173 Å². The number of nitrogens with one attached hydrogen (secondary N) is 1. The number of carbonyl (C=O) groups is 1. The van der Waals surface area contributed by atoms with Gasteiger partial charge in [0.1, 0.15) is 48.8 Å². The third-order valence-corrected chi connectivity index (χ3v) is 15.4. The van der Waals surface area contributed by atoms with Gasteiger partial charge in [0.15, 0.2) is 12.6 Å². The summed E-state index contributed by atoms with van der Waals surface area (Å²) in [4.78, 5) is 13.2. The predicted octanol–water partition coefficient (Wildman–Crippen LogP) is 11.9. The Balaban J connectivity index is 1.68. The number of aliphatic hydroxyl groups excluding tert-OH is 8. The molecule has 2 rings (SSSR count). The van der Waals surface area contributed by atoms with E-state index in [1.807, 2.05) is 18.2 Å². The number of aliphatic hydroxyl groups is 8. The molecule has 0 aromatic carbocycles. The van der Waals surface area contributed by atoms with Gasteiger partial charge in [-0.05, 0) is 57.8 Å². The first-order valence-corrected chi connectivity index (χ1v) is 32.2. The molecule has 464 valence electrons. The lowest BCUT2D eigenvalue weighted by molar-refractivity contribution is -0.359. The Hall–Kier alpha value is -2.57. The largest absolute Gasteiger partial charge is 0.394 e. The van der Waals surface area contributed by atoms with Gasteiger partial charge in [-0.25, -0.2) is 0 Å². The van der Waals surface area contributed by atoms with Crippen LogP contribution in [0.1, 0.15) is 245 Å². The van der Waals surface area contributed by atoms with Crippen LogP contribution in [-0.4, -0.2) is 140 Å². The second kappa shape index (κ2) is 50.9. The van der Waals surface area contributed by atoms with Crippen molar-refractivity contribution in [1.82, 2.24) is 5.32 Å². The standard InChI is InChI=1S/C66H117NO13/c1-3-5-7-9-11-13-15-17-18-19-20-21-22-23-24-25-26-27-28-29-30-31-32-33-34-35-36-38-39-41-43-45-47-49-55(70)54(67-58(71)50-48-46-44-42-40-37-16-14-12-10-8-6-4-2)53-77-65-63(76)61(74)64(57(52-69)79-65)80-66-62(75)60(73)59(72)56(51-68)78-66/h6,8,12,14,37,39-41,44,46-47,49,54-57,59-66,68-70,72-76H,3-5,7,9-11,13,15-36,38,42-43,45,48,50-53H2,1-2H3,(H,67,71)/b8-6-,14-12-,40-37-,41-39+,46-44-,49-47+. The van der Waals surface area contributed by atoms with Crippen molar-refractivity contribution in [3.63, 3.8) is 0 Å². The fourth-order valence-corrected chi connectivity index (χ4v) is 10.3. The molecule has 80 heavy (non-hydrogen) atoms. The second-order valence-electron chi connectivity index (χ2n) is 22.5. The second-order valence-corrected chi connectivity index (χ2v) is 22.5. The van der Waals surface area contributed by atoms with E-state index in [0.29, 0.717) is 12.8 Å². The average Bonchev–Trinajstić information content (AvgIpc) is 3.47. The molecule has 2 fully saturated rings. The Kier molecular flexibility index (Phi) is 46.8. The van der Waals surface area contributed by atoms with E-state index in [4.69, 9.17) is 18.9 Å². The van der Waals surface area contributed by atoms with Gasteiger partial charge >= 0.3 is 0 Å². The minimum Gasteiger partial charge on any atom is -0.394 e. The SMILES string of the molecule is CC/C=C\C/C=C\C/C=C\C/C=C\CCC(=O)NC(COC1OC(CO)C(OC2OC(CO)C(O)C(O)C2O)C(O)C1O)C(O)/C=C/CC/C=C/CCCCCCCCCCCCCCCCCCCCCCCCCCCCC. The molecule has 2 saturated heterocycles. The van der Waals surface area contributed by atoms with Crippen molar-refractivity contribution in [2.45, 2.75) is 319 Å². The van der Waals surface area contributed by atoms with Gasteiger partial charge in [-0.2, -0.15) is 0 Å². The zero-order chi connectivity index (χ0) is 58.1. The van der Waals surface area contributed by atoms with Crippen LogP contribution in [-0.2, 0) is 23.7 Å². The van der Waals surface area contributed by atoms with Crippen molar-refractivity contribution in [3.05, 3.63) is 72.9 Å². The number of rotatable bonds is 51. The van der Waals surface area contributed by atoms with Crippen LogP contribution in [0.25, 0.3) is 0 Å². The fourth-order valence-electron chi connectivity index (χ4n) is 10.3. The van der Waals surface area contributed by atoms with E-state index in [1.54, 1.807) is 6.08 Å². The van der Waals surface area contributed by atoms with Crippen LogP contribution in [0.4, 0.5) is 0 Å². The Morgan fingerprint density at radius 1 is 0.463 bits per heavy atom. The Bertz CT molecular complexity index is 1620. The molecule has 0 aliphatic carbocycles. The molecule has 0 bridgehead atoms. The van der Waals surface area contributed by atoms with Crippen molar-refractivity contribution in [3.8, 4) is 0 Å². The molecule has 2 aliphatic rings. The molecule has 14 nitrogen and oxygen atoms in total. The summed E-state index contributed by atoms with van der Waals surface area (Å²) in [5, 5.41) is 87.0. The van der Waals surface area contributed by atoms with Gasteiger partial charge in [-0.15, -0.1) is 0 Å². The molecular formula is C66H117NO13. The Labute approximate surface area is 485 Å². The van der Waals surface area contributed by atoms with Crippen LogP contribution in [0, 0.1) is 0 Å². The summed E-state index contributed by atoms with van der Waals surface area (Å²) in [6.07, 6.45) is 51.5. The lowest BCUT2D eigenvalue weighted by Crippen LogP contribution is -2.65. The Morgan fingerprint density at radius 3 is 1.36 bits per heavy atom. The zero-order valence-electron chi connectivity index (χ0n) is 50.1. The van der Waals surface area contributed by atoms with E-state index in [2.05, 4.69) is 67.8 Å². The summed E-state index contributed by atoms with van der Waals surface area (Å²) in [5.74, 6) is -0.330. The zero-order valence-corrected chi connectivity index (χ0v) is 50.1. The highest BCUT2D eigenvalue weighted by atomic mass is 16.7. The van der Waals surface area contributed by atoms with Gasteiger partial charge in [0.05, 0.1) is 32.0 Å². The van der Waals surface area contributed by atoms with E-state index >= 15 is 0 Å². The molecule has 9 N–H and O–H groups in total. The molecule has 0 aromatic rings. The van der Waals surface area contributed by atoms with Gasteiger partial charge < -0.3 is 65.1 Å². The van der Waals surface area contributed by atoms with Gasteiger partial charge in [-0.1, -0.05) is 254 Å². The first-order valence-electron chi connectivity index (χ1n) is 32.2. The van der Waals surface area contributed by atoms with Crippen molar-refractivity contribution in [1.29, 1.82) is 0 Å². The minimum absolute atomic E-state index is 0.149. The third kappa shape index (κ3) is 35.5. The number of amides is 1. The van der Waals surface area contributed by atoms with Crippen molar-refractivity contribution in [2.75, 3.05) is 19.8 Å². The summed E-state index contributed by atoms with van der Waals surface area (Å²) >= 11 is 0. The lowest BCUT2D eigenvalue weighted by Gasteiger charge is -2.46. The van der Waals surface area contributed by atoms with E-state index < -0.39 is 86.8 Å². The quantitative estimate of drug-likeness (QED) is 0.0204. The summed E-state index contributed by atoms with van der Waals surface area (Å²) in [5.41, 5.74) is 0. The molecule has 0 radical (unpaired) electrons. The van der Waals surface area contributed by atoms with Gasteiger partial charge in [0.2, 0.25) is 5.91 Å². The average molecular weight is 1130 g/mol. The van der Waals surface area contributed by atoms with Crippen LogP contribution < -0.4 is 5.32 Å². The van der Waals surface area contributed by atoms with E-state index in [9.17, 15) is 45.6 Å². The number of allylic oxidation sites excluding steroid dienone is 11. The number of unbranched alkanes of at least 4 members (excludes halogenated alkanes) is 28. The maximum absolute atomic E-state index is 13.2. The topological polar surface area (TPSA) is 228 Å². The molecule has 2 heterocycles. The molecule has 12 atom stereocenters. The number of hydrogen-bond acceptors (Lipinski definition) is 13. The van der Waals surface area contributed by atoms with Crippen molar-refractivity contribution in [2.24, 2.45) is 0 Å². The maximum Gasteiger partial charge on any atom is 0.220 e. The smallest absolute Gasteiger partial charge is 0.220 e. The van der Waals surface area contributed by atoms with Crippen LogP contribution >= 0.6 is 0 Å². The van der Waals surface area contributed by atoms with E-state index in [-0.39, 0.29) is 18.9 Å². The molecule has 0 aromatic heterocycles. The molecule has 1 amide bonds. The number of carbonyl (C=O) groups excluding carboxylic acids is 1. The Morgan fingerprint density at radius 2 is 0.875 bits per heavy atom. The molecule has 14 heteroatoms.